The summed E-state index contributed by atoms with van der Waals surface area (Å²) in [7, 11) is 1.61. The molecule has 3 aromatic carbocycles. The molecule has 0 aliphatic heterocycles. The van der Waals surface area contributed by atoms with Gasteiger partial charge in [0, 0.05) is 18.2 Å². The molecule has 0 fully saturated rings. The van der Waals surface area contributed by atoms with Gasteiger partial charge in [-0.25, -0.2) is 0 Å². The van der Waals surface area contributed by atoms with Gasteiger partial charge in [-0.3, -0.25) is 4.79 Å². The van der Waals surface area contributed by atoms with Gasteiger partial charge in [-0.05, 0) is 29.3 Å². The van der Waals surface area contributed by atoms with E-state index in [0.717, 1.165) is 22.0 Å². The van der Waals surface area contributed by atoms with E-state index in [2.05, 4.69) is 34.7 Å². The third kappa shape index (κ3) is 2.78. The van der Waals surface area contributed by atoms with Crippen LogP contribution in [0.5, 0.6) is 0 Å². The Morgan fingerprint density at radius 2 is 1.56 bits per heavy atom. The molecule has 0 atom stereocenters. The molecule has 1 heterocycles. The van der Waals surface area contributed by atoms with Crippen LogP contribution in [-0.4, -0.2) is 18.1 Å². The van der Waals surface area contributed by atoms with Crippen LogP contribution in [0.4, 0.5) is 0 Å². The summed E-state index contributed by atoms with van der Waals surface area (Å²) in [4.78, 5) is 11.9. The number of carbonyl (C=O) groups is 1. The van der Waals surface area contributed by atoms with Crippen molar-refractivity contribution < 1.29 is 9.32 Å². The Hall–Kier alpha value is -3.40. The molecule has 0 aliphatic carbocycles. The lowest BCUT2D eigenvalue weighted by molar-refractivity contribution is 0.0963. The third-order valence-electron chi connectivity index (χ3n) is 4.22. The van der Waals surface area contributed by atoms with E-state index in [1.807, 2.05) is 36.4 Å². The summed E-state index contributed by atoms with van der Waals surface area (Å²) in [6, 6.07) is 23.7. The predicted molar refractivity (Wildman–Crippen MR) is 98.3 cm³/mol. The number of fused-ring (bicyclic) bond motifs is 1. The van der Waals surface area contributed by atoms with Gasteiger partial charge >= 0.3 is 0 Å². The second kappa shape index (κ2) is 6.24. The lowest BCUT2D eigenvalue weighted by atomic mass is 10.0. The van der Waals surface area contributed by atoms with Gasteiger partial charge in [0.05, 0.1) is 5.39 Å². The third-order valence-corrected chi connectivity index (χ3v) is 4.22. The van der Waals surface area contributed by atoms with Crippen molar-refractivity contribution in [2.45, 2.75) is 0 Å². The van der Waals surface area contributed by atoms with E-state index in [1.165, 1.54) is 5.56 Å². The topological polar surface area (TPSA) is 55.1 Å². The molecule has 0 saturated heterocycles. The second-order valence-corrected chi connectivity index (χ2v) is 5.77. The van der Waals surface area contributed by atoms with Crippen LogP contribution in [0.25, 0.3) is 33.4 Å². The van der Waals surface area contributed by atoms with Crippen molar-refractivity contribution >= 4 is 16.8 Å². The van der Waals surface area contributed by atoms with Crippen LogP contribution in [0.2, 0.25) is 0 Å². The van der Waals surface area contributed by atoms with Crippen LogP contribution < -0.4 is 5.32 Å². The number of benzene rings is 3. The summed E-state index contributed by atoms with van der Waals surface area (Å²) in [5.74, 6) is 0.536. The summed E-state index contributed by atoms with van der Waals surface area (Å²) in [6.07, 6.45) is 0. The van der Waals surface area contributed by atoms with Crippen molar-refractivity contribution in [1.29, 1.82) is 0 Å². The van der Waals surface area contributed by atoms with E-state index in [4.69, 9.17) is 4.52 Å². The van der Waals surface area contributed by atoms with Crippen molar-refractivity contribution in [3.05, 3.63) is 78.4 Å². The summed E-state index contributed by atoms with van der Waals surface area (Å²) < 4.78 is 5.53. The Morgan fingerprint density at radius 1 is 0.880 bits per heavy atom. The Balaban J connectivity index is 1.75. The smallest absolute Gasteiger partial charge is 0.251 e. The SMILES string of the molecule is CNC(=O)c1ccc2noc(-c3ccc(-c4ccccc4)cc3)c2c1. The number of aromatic nitrogens is 1. The maximum Gasteiger partial charge on any atom is 0.251 e. The number of rotatable bonds is 3. The zero-order chi connectivity index (χ0) is 17.2. The van der Waals surface area contributed by atoms with Crippen LogP contribution in [0.1, 0.15) is 10.4 Å². The Labute approximate surface area is 145 Å². The van der Waals surface area contributed by atoms with Crippen molar-refractivity contribution in [3.63, 3.8) is 0 Å². The average molecular weight is 328 g/mol. The summed E-state index contributed by atoms with van der Waals surface area (Å²) in [5.41, 5.74) is 4.55. The highest BCUT2D eigenvalue weighted by Gasteiger charge is 2.13. The molecule has 1 aromatic heterocycles. The normalized spacial score (nSPS) is 10.8. The largest absolute Gasteiger partial charge is 0.355 e. The summed E-state index contributed by atoms with van der Waals surface area (Å²) in [6.45, 7) is 0. The molecule has 0 spiro atoms. The van der Waals surface area contributed by atoms with Gasteiger partial charge in [0.1, 0.15) is 5.52 Å². The number of nitrogens with zero attached hydrogens (tertiary/aromatic N) is 1. The number of hydrogen-bond donors (Lipinski definition) is 1. The highest BCUT2D eigenvalue weighted by molar-refractivity contribution is 6.00. The molecule has 122 valence electrons. The van der Waals surface area contributed by atoms with E-state index in [0.29, 0.717) is 11.3 Å². The molecular weight excluding hydrogens is 312 g/mol. The first-order chi connectivity index (χ1) is 12.3. The van der Waals surface area contributed by atoms with Crippen molar-refractivity contribution in [1.82, 2.24) is 10.5 Å². The van der Waals surface area contributed by atoms with Gasteiger partial charge in [-0.1, -0.05) is 59.8 Å². The fraction of sp³-hybridized carbons (Fsp3) is 0.0476. The number of hydrogen-bond acceptors (Lipinski definition) is 3. The van der Waals surface area contributed by atoms with Gasteiger partial charge in [-0.15, -0.1) is 0 Å². The first kappa shape index (κ1) is 15.1. The molecule has 0 unspecified atom stereocenters. The van der Waals surface area contributed by atoms with Gasteiger partial charge in [0.2, 0.25) is 0 Å². The molecular formula is C21H16N2O2. The minimum atomic E-state index is -0.131. The van der Waals surface area contributed by atoms with E-state index in [-0.39, 0.29) is 5.91 Å². The van der Waals surface area contributed by atoms with E-state index in [9.17, 15) is 4.79 Å². The maximum atomic E-state index is 11.9. The van der Waals surface area contributed by atoms with Crippen LogP contribution in [-0.2, 0) is 0 Å². The lowest BCUT2D eigenvalue weighted by Gasteiger charge is -2.03. The molecule has 1 N–H and O–H groups in total. The van der Waals surface area contributed by atoms with Crippen molar-refractivity contribution in [3.8, 4) is 22.5 Å². The molecule has 0 saturated carbocycles. The van der Waals surface area contributed by atoms with Crippen molar-refractivity contribution in [2.24, 2.45) is 0 Å². The highest BCUT2D eigenvalue weighted by Crippen LogP contribution is 2.31. The quantitative estimate of drug-likeness (QED) is 0.601. The van der Waals surface area contributed by atoms with Crippen LogP contribution >= 0.6 is 0 Å². The molecule has 4 nitrogen and oxygen atoms in total. The standard InChI is InChI=1S/C21H16N2O2/c1-22-21(24)17-11-12-19-18(13-17)20(25-23-19)16-9-7-15(8-10-16)14-5-3-2-4-6-14/h2-13H,1H3,(H,22,24). The minimum absolute atomic E-state index is 0.131. The van der Waals surface area contributed by atoms with Gasteiger partial charge in [0.25, 0.3) is 5.91 Å². The molecule has 0 radical (unpaired) electrons. The van der Waals surface area contributed by atoms with E-state index in [1.54, 1.807) is 19.2 Å². The Bertz CT molecular complexity index is 1030. The maximum absolute atomic E-state index is 11.9. The fourth-order valence-electron chi connectivity index (χ4n) is 2.88. The van der Waals surface area contributed by atoms with Crippen LogP contribution in [0, 0.1) is 0 Å². The predicted octanol–water partition coefficient (Wildman–Crippen LogP) is 4.52. The zero-order valence-electron chi connectivity index (χ0n) is 13.7. The monoisotopic (exact) mass is 328 g/mol. The number of carbonyl (C=O) groups excluding carboxylic acids is 1. The fourth-order valence-corrected chi connectivity index (χ4v) is 2.88. The molecule has 4 heteroatoms. The van der Waals surface area contributed by atoms with Gasteiger partial charge in [0.15, 0.2) is 5.76 Å². The Morgan fingerprint density at radius 3 is 2.28 bits per heavy atom. The second-order valence-electron chi connectivity index (χ2n) is 5.77. The first-order valence-electron chi connectivity index (χ1n) is 8.03. The minimum Gasteiger partial charge on any atom is -0.355 e. The Kier molecular flexibility index (Phi) is 3.78. The average Bonchev–Trinajstić information content (AvgIpc) is 3.11. The molecule has 0 aliphatic rings. The lowest BCUT2D eigenvalue weighted by Crippen LogP contribution is -2.17. The van der Waals surface area contributed by atoms with E-state index >= 15 is 0 Å². The molecule has 4 rings (SSSR count). The molecule has 4 aromatic rings. The van der Waals surface area contributed by atoms with Gasteiger partial charge in [-0.2, -0.15) is 0 Å². The summed E-state index contributed by atoms with van der Waals surface area (Å²) >= 11 is 0. The zero-order valence-corrected chi connectivity index (χ0v) is 13.7. The van der Waals surface area contributed by atoms with Gasteiger partial charge < -0.3 is 9.84 Å². The van der Waals surface area contributed by atoms with Crippen LogP contribution in [0.15, 0.2) is 77.3 Å². The molecule has 0 bridgehead atoms. The molecule has 1 amide bonds. The highest BCUT2D eigenvalue weighted by atomic mass is 16.5. The number of amides is 1. The number of nitrogens with one attached hydrogen (secondary N) is 1. The van der Waals surface area contributed by atoms with Crippen molar-refractivity contribution in [2.75, 3.05) is 7.05 Å². The summed E-state index contributed by atoms with van der Waals surface area (Å²) in [5, 5.41) is 7.56. The molecule has 25 heavy (non-hydrogen) atoms. The van der Waals surface area contributed by atoms with E-state index < -0.39 is 0 Å². The van der Waals surface area contributed by atoms with Crippen LogP contribution in [0.3, 0.4) is 0 Å². The first-order valence-corrected chi connectivity index (χ1v) is 8.03.